The molecule has 3 aromatic carbocycles. The van der Waals surface area contributed by atoms with Gasteiger partial charge in [-0.15, -0.1) is 0 Å². The van der Waals surface area contributed by atoms with Gasteiger partial charge in [-0.1, -0.05) is 35.3 Å². The van der Waals surface area contributed by atoms with Crippen molar-refractivity contribution >= 4 is 52.0 Å². The van der Waals surface area contributed by atoms with Crippen molar-refractivity contribution in [2.75, 3.05) is 12.4 Å². The van der Waals surface area contributed by atoms with Gasteiger partial charge in [0, 0.05) is 27.9 Å². The van der Waals surface area contributed by atoms with Crippen LogP contribution in [-0.2, 0) is 4.79 Å². The van der Waals surface area contributed by atoms with Crippen LogP contribution in [0.5, 0.6) is 5.75 Å². The number of aryl methyl sites for hydroxylation is 2. The summed E-state index contributed by atoms with van der Waals surface area (Å²) in [5, 5.41) is 3.66. The Bertz CT molecular complexity index is 1360. The summed E-state index contributed by atoms with van der Waals surface area (Å²) in [4.78, 5) is 17.1. The minimum atomic E-state index is -0.315. The van der Waals surface area contributed by atoms with Crippen molar-refractivity contribution in [2.45, 2.75) is 13.8 Å². The molecule has 4 aromatic rings. The van der Waals surface area contributed by atoms with Crippen LogP contribution in [0.4, 0.5) is 5.69 Å². The van der Waals surface area contributed by atoms with Gasteiger partial charge in [0.2, 0.25) is 11.8 Å². The molecular weight excluding hydrogens is 447 g/mol. The van der Waals surface area contributed by atoms with Crippen LogP contribution in [0.15, 0.2) is 59.0 Å². The fourth-order valence-corrected chi connectivity index (χ4v) is 4.09. The van der Waals surface area contributed by atoms with Gasteiger partial charge in [-0.25, -0.2) is 4.98 Å². The Kier molecular flexibility index (Phi) is 6.21. The highest BCUT2D eigenvalue weighted by molar-refractivity contribution is 6.36. The van der Waals surface area contributed by atoms with Gasteiger partial charge in [-0.2, -0.15) is 0 Å². The van der Waals surface area contributed by atoms with E-state index in [1.54, 1.807) is 24.3 Å². The van der Waals surface area contributed by atoms with Crippen LogP contribution in [0.1, 0.15) is 16.7 Å². The Morgan fingerprint density at radius 2 is 1.94 bits per heavy atom. The van der Waals surface area contributed by atoms with E-state index in [0.29, 0.717) is 32.9 Å². The van der Waals surface area contributed by atoms with Crippen LogP contribution in [0.25, 0.3) is 28.6 Å². The molecule has 4 rings (SSSR count). The standard InChI is InChI=1S/C25H20Cl2N2O3/c1-14-9-15(2)23-21(10-14)29-25(32-23)17-5-4-6-19(12-17)28-22(30)8-7-16-11-18(26)13-20(27)24(16)31-3/h4-13H,1-3H3,(H,28,30)/b8-7+. The molecule has 5 nitrogen and oxygen atoms in total. The molecule has 1 aromatic heterocycles. The number of oxazole rings is 1. The van der Waals surface area contributed by atoms with Crippen molar-refractivity contribution < 1.29 is 13.9 Å². The minimum absolute atomic E-state index is 0.315. The topological polar surface area (TPSA) is 64.4 Å². The second kappa shape index (κ2) is 9.07. The lowest BCUT2D eigenvalue weighted by Gasteiger charge is -2.08. The van der Waals surface area contributed by atoms with Crippen LogP contribution >= 0.6 is 23.2 Å². The van der Waals surface area contributed by atoms with Crippen molar-refractivity contribution in [2.24, 2.45) is 0 Å². The average Bonchev–Trinajstić information content (AvgIpc) is 3.16. The van der Waals surface area contributed by atoms with E-state index in [2.05, 4.69) is 16.4 Å². The first-order valence-corrected chi connectivity index (χ1v) is 10.6. The zero-order chi connectivity index (χ0) is 22.8. The number of carbonyl (C=O) groups is 1. The van der Waals surface area contributed by atoms with Crippen molar-refractivity contribution in [3.8, 4) is 17.2 Å². The SMILES string of the molecule is COc1c(Cl)cc(Cl)cc1/C=C/C(=O)Nc1cccc(-c2nc3cc(C)cc(C)c3o2)c1. The third-order valence-electron chi connectivity index (χ3n) is 4.85. The summed E-state index contributed by atoms with van der Waals surface area (Å²) < 4.78 is 11.3. The number of hydrogen-bond donors (Lipinski definition) is 1. The summed E-state index contributed by atoms with van der Waals surface area (Å²) in [5.41, 5.74) is 5.71. The summed E-state index contributed by atoms with van der Waals surface area (Å²) in [7, 11) is 1.51. The first-order valence-electron chi connectivity index (χ1n) is 9.84. The molecule has 0 atom stereocenters. The molecule has 0 bridgehead atoms. The number of carbonyl (C=O) groups excluding carboxylic acids is 1. The monoisotopic (exact) mass is 466 g/mol. The number of benzene rings is 3. The Labute approximate surface area is 195 Å². The van der Waals surface area contributed by atoms with Gasteiger partial charge < -0.3 is 14.5 Å². The molecule has 0 fully saturated rings. The second-order valence-electron chi connectivity index (χ2n) is 7.36. The molecular formula is C25H20Cl2N2O3. The number of methoxy groups -OCH3 is 1. The van der Waals surface area contributed by atoms with E-state index < -0.39 is 0 Å². The number of hydrogen-bond acceptors (Lipinski definition) is 4. The van der Waals surface area contributed by atoms with Crippen molar-refractivity contribution in [1.82, 2.24) is 4.98 Å². The summed E-state index contributed by atoms with van der Waals surface area (Å²) >= 11 is 12.2. The van der Waals surface area contributed by atoms with E-state index in [1.807, 2.05) is 38.1 Å². The molecule has 0 radical (unpaired) electrons. The molecule has 0 spiro atoms. The molecule has 0 unspecified atom stereocenters. The normalized spacial score (nSPS) is 11.3. The molecule has 0 aliphatic carbocycles. The third-order valence-corrected chi connectivity index (χ3v) is 5.35. The largest absolute Gasteiger partial charge is 0.495 e. The van der Waals surface area contributed by atoms with Crippen LogP contribution in [0.2, 0.25) is 10.0 Å². The maximum absolute atomic E-state index is 12.5. The Morgan fingerprint density at radius 1 is 1.12 bits per heavy atom. The number of aromatic nitrogens is 1. The Morgan fingerprint density at radius 3 is 2.72 bits per heavy atom. The number of rotatable bonds is 5. The molecule has 1 amide bonds. The molecule has 1 N–H and O–H groups in total. The molecule has 162 valence electrons. The second-order valence-corrected chi connectivity index (χ2v) is 8.21. The summed E-state index contributed by atoms with van der Waals surface area (Å²) in [6.45, 7) is 4.02. The van der Waals surface area contributed by atoms with E-state index in [4.69, 9.17) is 32.4 Å². The highest BCUT2D eigenvalue weighted by Gasteiger charge is 2.12. The number of fused-ring (bicyclic) bond motifs is 1. The number of nitrogens with one attached hydrogen (secondary N) is 1. The average molecular weight is 467 g/mol. The molecule has 0 saturated carbocycles. The maximum Gasteiger partial charge on any atom is 0.248 e. The number of nitrogens with zero attached hydrogens (tertiary/aromatic N) is 1. The predicted molar refractivity (Wildman–Crippen MR) is 130 cm³/mol. The van der Waals surface area contributed by atoms with Gasteiger partial charge in [0.05, 0.1) is 12.1 Å². The number of anilines is 1. The highest BCUT2D eigenvalue weighted by atomic mass is 35.5. The van der Waals surface area contributed by atoms with E-state index >= 15 is 0 Å². The van der Waals surface area contributed by atoms with Crippen LogP contribution in [-0.4, -0.2) is 18.0 Å². The summed E-state index contributed by atoms with van der Waals surface area (Å²) in [6.07, 6.45) is 2.99. The zero-order valence-corrected chi connectivity index (χ0v) is 19.2. The van der Waals surface area contributed by atoms with E-state index in [0.717, 1.165) is 27.8 Å². The van der Waals surface area contributed by atoms with Crippen LogP contribution in [0, 0.1) is 13.8 Å². The van der Waals surface area contributed by atoms with Gasteiger partial charge in [-0.05, 0) is 67.4 Å². The van der Waals surface area contributed by atoms with E-state index in [1.165, 1.54) is 13.2 Å². The highest BCUT2D eigenvalue weighted by Crippen LogP contribution is 2.33. The Hall–Kier alpha value is -3.28. The maximum atomic E-state index is 12.5. The number of halogens is 2. The fraction of sp³-hybridized carbons (Fsp3) is 0.120. The van der Waals surface area contributed by atoms with Gasteiger partial charge in [0.1, 0.15) is 11.3 Å². The quantitative estimate of drug-likeness (QED) is 0.319. The lowest BCUT2D eigenvalue weighted by Crippen LogP contribution is -2.07. The number of amides is 1. The Balaban J connectivity index is 1.55. The first-order chi connectivity index (χ1) is 15.3. The van der Waals surface area contributed by atoms with E-state index in [-0.39, 0.29) is 5.91 Å². The molecule has 0 saturated heterocycles. The third kappa shape index (κ3) is 4.64. The van der Waals surface area contributed by atoms with Crippen molar-refractivity contribution in [3.05, 3.63) is 81.3 Å². The summed E-state index contributed by atoms with van der Waals surface area (Å²) in [6, 6.07) is 14.6. The van der Waals surface area contributed by atoms with Crippen LogP contribution in [0.3, 0.4) is 0 Å². The number of ether oxygens (including phenoxy) is 1. The molecule has 32 heavy (non-hydrogen) atoms. The van der Waals surface area contributed by atoms with Gasteiger partial charge in [0.15, 0.2) is 5.58 Å². The molecule has 7 heteroatoms. The minimum Gasteiger partial charge on any atom is -0.495 e. The lowest BCUT2D eigenvalue weighted by atomic mass is 10.1. The summed E-state index contributed by atoms with van der Waals surface area (Å²) in [5.74, 6) is 0.631. The van der Waals surface area contributed by atoms with Crippen LogP contribution < -0.4 is 10.1 Å². The smallest absolute Gasteiger partial charge is 0.248 e. The predicted octanol–water partition coefficient (Wildman–Crippen LogP) is 7.08. The van der Waals surface area contributed by atoms with E-state index in [9.17, 15) is 4.79 Å². The van der Waals surface area contributed by atoms with Gasteiger partial charge in [0.25, 0.3) is 0 Å². The van der Waals surface area contributed by atoms with Gasteiger partial charge in [-0.3, -0.25) is 4.79 Å². The fourth-order valence-electron chi connectivity index (χ4n) is 3.50. The molecule has 0 aliphatic rings. The molecule has 0 aliphatic heterocycles. The first kappa shape index (κ1) is 21.9. The molecule has 1 heterocycles. The lowest BCUT2D eigenvalue weighted by molar-refractivity contribution is -0.111. The van der Waals surface area contributed by atoms with Gasteiger partial charge >= 0.3 is 0 Å². The van der Waals surface area contributed by atoms with Crippen molar-refractivity contribution in [1.29, 1.82) is 0 Å². The zero-order valence-electron chi connectivity index (χ0n) is 17.7. The van der Waals surface area contributed by atoms with Crippen molar-refractivity contribution in [3.63, 3.8) is 0 Å².